The van der Waals surface area contributed by atoms with Crippen molar-refractivity contribution in [2.75, 3.05) is 20.4 Å². The number of aryl methyl sites for hydroxylation is 1. The van der Waals surface area contributed by atoms with Crippen LogP contribution in [0.15, 0.2) is 30.3 Å². The van der Waals surface area contributed by atoms with Crippen LogP contribution < -0.4 is 10.1 Å². The van der Waals surface area contributed by atoms with E-state index in [1.54, 1.807) is 25.3 Å². The summed E-state index contributed by atoms with van der Waals surface area (Å²) in [7, 11) is 1.57. The maximum Gasteiger partial charge on any atom is 0.229 e. The molecule has 0 aromatic heterocycles. The normalized spacial score (nSPS) is 18.0. The van der Waals surface area contributed by atoms with Crippen molar-refractivity contribution in [2.45, 2.75) is 25.7 Å². The first-order chi connectivity index (χ1) is 12.5. The first kappa shape index (κ1) is 18.3. The van der Waals surface area contributed by atoms with Gasteiger partial charge in [0.15, 0.2) is 0 Å². The molecule has 138 valence electrons. The van der Waals surface area contributed by atoms with Crippen LogP contribution in [0, 0.1) is 18.6 Å². The fourth-order valence-electron chi connectivity index (χ4n) is 3.27. The summed E-state index contributed by atoms with van der Waals surface area (Å²) in [5.41, 5.74) is 1.53. The number of carbonyl (C=O) groups is 1. The molecule has 1 N–H and O–H groups in total. The molecule has 1 saturated heterocycles. The second-order valence-electron chi connectivity index (χ2n) is 6.30. The molecule has 1 atom stereocenters. The summed E-state index contributed by atoms with van der Waals surface area (Å²) in [6.07, 6.45) is 0.883. The number of nitrogens with one attached hydrogen (secondary N) is 1. The lowest BCUT2D eigenvalue weighted by Gasteiger charge is -2.22. The minimum atomic E-state index is -0.877. The standard InChI is InChI=1S/C20H21F2NO3/c1-12-10-13(5-8-17(12)25-2)14-6-7-16(21)18(19(14)22)15-4-3-9-26-11-23-20(15)24/h5-8,10,15H,3-4,9,11H2,1-2H3,(H,23,24). The van der Waals surface area contributed by atoms with Gasteiger partial charge < -0.3 is 14.8 Å². The zero-order valence-electron chi connectivity index (χ0n) is 14.8. The van der Waals surface area contributed by atoms with Gasteiger partial charge in [-0.25, -0.2) is 8.78 Å². The van der Waals surface area contributed by atoms with Gasteiger partial charge in [-0.3, -0.25) is 4.79 Å². The Morgan fingerprint density at radius 1 is 1.23 bits per heavy atom. The van der Waals surface area contributed by atoms with Crippen molar-refractivity contribution in [3.63, 3.8) is 0 Å². The average molecular weight is 361 g/mol. The van der Waals surface area contributed by atoms with Crippen molar-refractivity contribution in [1.29, 1.82) is 0 Å². The van der Waals surface area contributed by atoms with Gasteiger partial charge in [0.25, 0.3) is 0 Å². The minimum Gasteiger partial charge on any atom is -0.496 e. The van der Waals surface area contributed by atoms with Gasteiger partial charge in [-0.2, -0.15) is 0 Å². The second-order valence-corrected chi connectivity index (χ2v) is 6.30. The van der Waals surface area contributed by atoms with Crippen molar-refractivity contribution >= 4 is 5.91 Å². The van der Waals surface area contributed by atoms with E-state index in [4.69, 9.17) is 9.47 Å². The Kier molecular flexibility index (Phi) is 5.52. The molecule has 0 saturated carbocycles. The first-order valence-corrected chi connectivity index (χ1v) is 8.51. The van der Waals surface area contributed by atoms with E-state index in [-0.39, 0.29) is 17.9 Å². The number of ether oxygens (including phenoxy) is 2. The minimum absolute atomic E-state index is 0.0515. The van der Waals surface area contributed by atoms with E-state index in [9.17, 15) is 9.18 Å². The van der Waals surface area contributed by atoms with Gasteiger partial charge in [0, 0.05) is 17.7 Å². The van der Waals surface area contributed by atoms with E-state index in [2.05, 4.69) is 5.32 Å². The van der Waals surface area contributed by atoms with E-state index in [1.807, 2.05) is 6.92 Å². The fraction of sp³-hybridized carbons (Fsp3) is 0.350. The van der Waals surface area contributed by atoms with Crippen LogP contribution in [0.2, 0.25) is 0 Å². The Morgan fingerprint density at radius 2 is 2.04 bits per heavy atom. The lowest BCUT2D eigenvalue weighted by Crippen LogP contribution is -2.34. The van der Waals surface area contributed by atoms with Crippen LogP contribution in [0.3, 0.4) is 0 Å². The van der Waals surface area contributed by atoms with E-state index < -0.39 is 23.5 Å². The number of rotatable bonds is 3. The van der Waals surface area contributed by atoms with Gasteiger partial charge in [0.1, 0.15) is 24.1 Å². The molecule has 1 unspecified atom stereocenters. The van der Waals surface area contributed by atoms with Crippen LogP contribution in [0.5, 0.6) is 5.75 Å². The Hall–Kier alpha value is -2.47. The molecule has 26 heavy (non-hydrogen) atoms. The van der Waals surface area contributed by atoms with E-state index in [0.717, 1.165) is 5.56 Å². The van der Waals surface area contributed by atoms with Crippen molar-refractivity contribution in [3.8, 4) is 16.9 Å². The number of carbonyl (C=O) groups excluding carboxylic acids is 1. The molecular formula is C20H21F2NO3. The van der Waals surface area contributed by atoms with Gasteiger partial charge in [0.2, 0.25) is 5.91 Å². The largest absolute Gasteiger partial charge is 0.496 e. The SMILES string of the molecule is COc1ccc(-c2ccc(F)c(C3CCCOCNC3=O)c2F)cc1C. The summed E-state index contributed by atoms with van der Waals surface area (Å²) in [6.45, 7) is 2.35. The number of benzene rings is 2. The third-order valence-electron chi connectivity index (χ3n) is 4.63. The molecule has 1 heterocycles. The molecule has 1 fully saturated rings. The lowest BCUT2D eigenvalue weighted by atomic mass is 9.89. The van der Waals surface area contributed by atoms with Crippen LogP contribution >= 0.6 is 0 Å². The van der Waals surface area contributed by atoms with Crippen LogP contribution in [-0.4, -0.2) is 26.4 Å². The highest BCUT2D eigenvalue weighted by molar-refractivity contribution is 5.84. The van der Waals surface area contributed by atoms with Gasteiger partial charge in [-0.15, -0.1) is 0 Å². The Labute approximate surface area is 151 Å². The molecule has 1 amide bonds. The summed E-state index contributed by atoms with van der Waals surface area (Å²) >= 11 is 0. The molecular weight excluding hydrogens is 340 g/mol. The lowest BCUT2D eigenvalue weighted by molar-refractivity contribution is -0.125. The third-order valence-corrected chi connectivity index (χ3v) is 4.63. The Bertz CT molecular complexity index is 823. The molecule has 1 aliphatic rings. The smallest absolute Gasteiger partial charge is 0.229 e. The second kappa shape index (κ2) is 7.83. The molecule has 0 spiro atoms. The molecule has 0 radical (unpaired) electrons. The molecule has 0 bridgehead atoms. The highest BCUT2D eigenvalue weighted by Gasteiger charge is 2.29. The monoisotopic (exact) mass is 361 g/mol. The molecule has 6 heteroatoms. The Morgan fingerprint density at radius 3 is 2.77 bits per heavy atom. The highest BCUT2D eigenvalue weighted by atomic mass is 19.1. The van der Waals surface area contributed by atoms with E-state index in [1.165, 1.54) is 12.1 Å². The molecule has 3 rings (SSSR count). The van der Waals surface area contributed by atoms with Crippen LogP contribution in [0.25, 0.3) is 11.1 Å². The summed E-state index contributed by atoms with van der Waals surface area (Å²) in [5, 5.41) is 2.56. The summed E-state index contributed by atoms with van der Waals surface area (Å²) < 4.78 is 40.1. The number of methoxy groups -OCH3 is 1. The zero-order chi connectivity index (χ0) is 18.7. The molecule has 0 aliphatic carbocycles. The molecule has 4 nitrogen and oxygen atoms in total. The van der Waals surface area contributed by atoms with E-state index in [0.29, 0.717) is 30.8 Å². The maximum atomic E-state index is 15.2. The van der Waals surface area contributed by atoms with Crippen molar-refractivity contribution in [2.24, 2.45) is 0 Å². The maximum absolute atomic E-state index is 15.2. The van der Waals surface area contributed by atoms with Gasteiger partial charge >= 0.3 is 0 Å². The topological polar surface area (TPSA) is 47.6 Å². The van der Waals surface area contributed by atoms with Gasteiger partial charge in [0.05, 0.1) is 13.0 Å². The van der Waals surface area contributed by atoms with Crippen molar-refractivity contribution < 1.29 is 23.0 Å². The van der Waals surface area contributed by atoms with Gasteiger partial charge in [-0.1, -0.05) is 6.07 Å². The predicted molar refractivity (Wildman–Crippen MR) is 94.0 cm³/mol. The fourth-order valence-corrected chi connectivity index (χ4v) is 3.27. The predicted octanol–water partition coefficient (Wildman–Crippen LogP) is 3.92. The van der Waals surface area contributed by atoms with Crippen molar-refractivity contribution in [1.82, 2.24) is 5.32 Å². The number of hydrogen-bond donors (Lipinski definition) is 1. The number of amides is 1. The van der Waals surface area contributed by atoms with Crippen LogP contribution in [-0.2, 0) is 9.53 Å². The average Bonchev–Trinajstić information content (AvgIpc) is 2.60. The summed E-state index contributed by atoms with van der Waals surface area (Å²) in [6, 6.07) is 7.87. The molecule has 1 aliphatic heterocycles. The van der Waals surface area contributed by atoms with Crippen LogP contribution in [0.1, 0.15) is 29.9 Å². The summed E-state index contributed by atoms with van der Waals surface area (Å²) in [5.74, 6) is -2.02. The number of halogens is 2. The van der Waals surface area contributed by atoms with E-state index >= 15 is 4.39 Å². The van der Waals surface area contributed by atoms with Crippen molar-refractivity contribution in [3.05, 3.63) is 53.1 Å². The zero-order valence-corrected chi connectivity index (χ0v) is 14.8. The van der Waals surface area contributed by atoms with Crippen LogP contribution in [0.4, 0.5) is 8.78 Å². The first-order valence-electron chi connectivity index (χ1n) is 8.51. The quantitative estimate of drug-likeness (QED) is 0.902. The molecule has 2 aromatic carbocycles. The highest BCUT2D eigenvalue weighted by Crippen LogP contribution is 2.35. The van der Waals surface area contributed by atoms with Gasteiger partial charge in [-0.05, 0) is 55.2 Å². The summed E-state index contributed by atoms with van der Waals surface area (Å²) in [4.78, 5) is 12.3. The number of hydrogen-bond acceptors (Lipinski definition) is 3. The molecule has 2 aromatic rings. The Balaban J connectivity index is 2.06. The third kappa shape index (κ3) is 3.55.